The van der Waals surface area contributed by atoms with Gasteiger partial charge in [0.05, 0.1) is 81.9 Å². The number of sulfonamides is 1. The number of amides is 2. The second-order valence-corrected chi connectivity index (χ2v) is 13.6. The van der Waals surface area contributed by atoms with Crippen molar-refractivity contribution in [2.24, 2.45) is 5.14 Å². The highest BCUT2D eigenvalue weighted by Crippen LogP contribution is 2.14. The van der Waals surface area contributed by atoms with Gasteiger partial charge in [0.25, 0.3) is 0 Å². The molecule has 0 radical (unpaired) electrons. The van der Waals surface area contributed by atoms with Gasteiger partial charge in [-0.05, 0) is 42.0 Å². The number of hydrogen-bond acceptors (Lipinski definition) is 12. The van der Waals surface area contributed by atoms with Gasteiger partial charge < -0.3 is 34.3 Å². The molecule has 0 aliphatic rings. The first kappa shape index (κ1) is 43.4. The Morgan fingerprint density at radius 3 is 1.93 bits per heavy atom. The Bertz CT molecular complexity index is 1970. The lowest BCUT2D eigenvalue weighted by Gasteiger charge is -2.18. The zero-order valence-corrected chi connectivity index (χ0v) is 31.7. The lowest BCUT2D eigenvalue weighted by Crippen LogP contribution is -2.48. The van der Waals surface area contributed by atoms with Crippen LogP contribution in [-0.4, -0.2) is 113 Å². The summed E-state index contributed by atoms with van der Waals surface area (Å²) in [6, 6.07) is 20.5. The van der Waals surface area contributed by atoms with E-state index < -0.39 is 27.9 Å². The molecule has 298 valence electrons. The molecule has 0 aliphatic carbocycles. The summed E-state index contributed by atoms with van der Waals surface area (Å²) in [5, 5.41) is 19.1. The largest absolute Gasteiger partial charge is 0.379 e. The molecule has 3 aromatic carbocycles. The van der Waals surface area contributed by atoms with Crippen molar-refractivity contribution in [1.82, 2.24) is 25.6 Å². The first-order valence-corrected chi connectivity index (χ1v) is 19.3. The maximum atomic E-state index is 13.4. The maximum Gasteiger partial charge on any atom is 0.243 e. The van der Waals surface area contributed by atoms with Crippen LogP contribution in [0.1, 0.15) is 33.6 Å². The average molecular weight is 791 g/mol. The second kappa shape index (κ2) is 23.6. The van der Waals surface area contributed by atoms with E-state index in [9.17, 15) is 22.8 Å². The molecule has 4 N–H and O–H groups in total. The summed E-state index contributed by atoms with van der Waals surface area (Å²) in [5.74, 6) is 1.35. The third kappa shape index (κ3) is 15.4. The summed E-state index contributed by atoms with van der Waals surface area (Å²) in [6.07, 6.45) is 6.73. The predicted molar refractivity (Wildman–Crippen MR) is 204 cm³/mol. The normalized spacial score (nSPS) is 11.8. The van der Waals surface area contributed by atoms with Crippen molar-refractivity contribution in [1.29, 1.82) is 0 Å². The molecule has 0 bridgehead atoms. The molecule has 1 aromatic heterocycles. The SMILES string of the molecule is C#CCOCCOCCOCCOCCOCCC(=O)N[C@@H](Cc1cn(-c2ccc(C(=O)c3ccccc3)cc2)nn1)C(=O)NCc1ccc(S(N)(=O)=O)cc1. The van der Waals surface area contributed by atoms with E-state index in [-0.39, 0.29) is 49.9 Å². The van der Waals surface area contributed by atoms with Crippen molar-refractivity contribution in [2.75, 3.05) is 66.1 Å². The van der Waals surface area contributed by atoms with E-state index in [0.717, 1.165) is 0 Å². The number of carbonyl (C=O) groups excluding carboxylic acids is 3. The molecule has 0 unspecified atom stereocenters. The minimum absolute atomic E-state index is 0.0102. The molecule has 0 spiro atoms. The number of primary sulfonamides is 1. The van der Waals surface area contributed by atoms with Crippen molar-refractivity contribution in [3.05, 3.63) is 107 Å². The summed E-state index contributed by atoms with van der Waals surface area (Å²) in [5.41, 5.74) is 2.76. The third-order valence-corrected chi connectivity index (χ3v) is 8.83. The van der Waals surface area contributed by atoms with Gasteiger partial charge in [-0.3, -0.25) is 14.4 Å². The number of hydrogen-bond donors (Lipinski definition) is 3. The van der Waals surface area contributed by atoms with Crippen LogP contribution in [0, 0.1) is 12.3 Å². The fourth-order valence-corrected chi connectivity index (χ4v) is 5.53. The van der Waals surface area contributed by atoms with E-state index in [1.165, 1.54) is 28.9 Å². The summed E-state index contributed by atoms with van der Waals surface area (Å²) in [7, 11) is -3.87. The number of benzene rings is 3. The summed E-state index contributed by atoms with van der Waals surface area (Å²) in [6.45, 7) is 3.44. The van der Waals surface area contributed by atoms with Crippen molar-refractivity contribution in [2.45, 2.75) is 30.3 Å². The Morgan fingerprint density at radius 1 is 0.768 bits per heavy atom. The molecule has 0 saturated carbocycles. The number of ketones is 1. The van der Waals surface area contributed by atoms with Crippen molar-refractivity contribution in [3.63, 3.8) is 0 Å². The minimum Gasteiger partial charge on any atom is -0.379 e. The van der Waals surface area contributed by atoms with Crippen molar-refractivity contribution < 1.29 is 46.5 Å². The zero-order valence-electron chi connectivity index (χ0n) is 30.8. The highest BCUT2D eigenvalue weighted by molar-refractivity contribution is 7.89. The molecule has 1 atom stereocenters. The molecule has 4 rings (SSSR count). The van der Waals surface area contributed by atoms with Crippen LogP contribution >= 0.6 is 0 Å². The minimum atomic E-state index is -3.87. The van der Waals surface area contributed by atoms with Crippen LogP contribution in [0.4, 0.5) is 0 Å². The fourth-order valence-electron chi connectivity index (χ4n) is 5.01. The molecule has 16 nitrogen and oxygen atoms in total. The van der Waals surface area contributed by atoms with E-state index >= 15 is 0 Å². The topological polar surface area (TPSA) is 212 Å². The number of ether oxygens (including phenoxy) is 5. The van der Waals surface area contributed by atoms with Gasteiger partial charge in [-0.2, -0.15) is 0 Å². The molecule has 56 heavy (non-hydrogen) atoms. The summed E-state index contributed by atoms with van der Waals surface area (Å²) >= 11 is 0. The van der Waals surface area contributed by atoms with Gasteiger partial charge in [0.2, 0.25) is 21.8 Å². The van der Waals surface area contributed by atoms with Crippen molar-refractivity contribution in [3.8, 4) is 18.0 Å². The molecule has 17 heteroatoms. The lowest BCUT2D eigenvalue weighted by atomic mass is 10.0. The number of terminal acetylenes is 1. The van der Waals surface area contributed by atoms with E-state index in [0.29, 0.717) is 74.3 Å². The number of carbonyl (C=O) groups is 3. The Kier molecular flexibility index (Phi) is 18.3. The summed E-state index contributed by atoms with van der Waals surface area (Å²) in [4.78, 5) is 39.1. The van der Waals surface area contributed by atoms with Crippen LogP contribution < -0.4 is 15.8 Å². The first-order valence-electron chi connectivity index (χ1n) is 17.8. The van der Waals surface area contributed by atoms with Gasteiger partial charge >= 0.3 is 0 Å². The highest BCUT2D eigenvalue weighted by Gasteiger charge is 2.23. The molecule has 1 heterocycles. The summed E-state index contributed by atoms with van der Waals surface area (Å²) < 4.78 is 51.6. The molecule has 0 aliphatic heterocycles. The van der Waals surface area contributed by atoms with E-state index in [1.807, 2.05) is 6.07 Å². The molecule has 0 saturated heterocycles. The van der Waals surface area contributed by atoms with Crippen LogP contribution in [0.25, 0.3) is 5.69 Å². The highest BCUT2D eigenvalue weighted by atomic mass is 32.2. The maximum absolute atomic E-state index is 13.4. The number of nitrogens with zero attached hydrogens (tertiary/aromatic N) is 3. The van der Waals surface area contributed by atoms with Crippen molar-refractivity contribution >= 4 is 27.6 Å². The standard InChI is InChI=1S/C39H46N6O10S/c1-2-17-51-19-21-53-23-25-55-26-24-54-22-20-52-18-16-37(46)42-36(39(48)41-28-30-8-14-35(15-9-30)56(40,49)50)27-33-29-45(44-43-33)34-12-10-32(11-13-34)38(47)31-6-4-3-5-7-31/h1,3-15,29,36H,16-28H2,(H,41,48)(H,42,46)(H2,40,49,50)/t36-/m0/s1. The van der Waals surface area contributed by atoms with E-state index in [4.69, 9.17) is 35.2 Å². The van der Waals surface area contributed by atoms with Gasteiger partial charge in [0.1, 0.15) is 12.6 Å². The Balaban J connectivity index is 1.24. The van der Waals surface area contributed by atoms with Gasteiger partial charge in [-0.15, -0.1) is 11.5 Å². The Morgan fingerprint density at radius 2 is 1.34 bits per heavy atom. The zero-order chi connectivity index (χ0) is 40.0. The molecule has 0 fully saturated rings. The average Bonchev–Trinajstić information content (AvgIpc) is 3.68. The first-order chi connectivity index (χ1) is 27.1. The number of nitrogens with two attached hydrogens (primary N) is 1. The molecule has 4 aromatic rings. The van der Waals surface area contributed by atoms with Crippen LogP contribution in [0.5, 0.6) is 0 Å². The van der Waals surface area contributed by atoms with Crippen LogP contribution in [-0.2, 0) is 56.3 Å². The van der Waals surface area contributed by atoms with Gasteiger partial charge in [-0.25, -0.2) is 18.2 Å². The fraction of sp³-hybridized carbons (Fsp3) is 0.359. The predicted octanol–water partition coefficient (Wildman–Crippen LogP) is 1.60. The lowest BCUT2D eigenvalue weighted by molar-refractivity contribution is -0.129. The number of aromatic nitrogens is 3. The van der Waals surface area contributed by atoms with Crippen LogP contribution in [0.15, 0.2) is 90.0 Å². The van der Waals surface area contributed by atoms with E-state index in [2.05, 4.69) is 26.9 Å². The van der Waals surface area contributed by atoms with E-state index in [1.54, 1.807) is 54.7 Å². The smallest absolute Gasteiger partial charge is 0.243 e. The third-order valence-electron chi connectivity index (χ3n) is 7.90. The van der Waals surface area contributed by atoms with Gasteiger partial charge in [0, 0.05) is 30.5 Å². The van der Waals surface area contributed by atoms with Crippen LogP contribution in [0.2, 0.25) is 0 Å². The Labute approximate surface area is 326 Å². The molecular formula is C39H46N6O10S. The second-order valence-electron chi connectivity index (χ2n) is 12.1. The van der Waals surface area contributed by atoms with Crippen LogP contribution in [0.3, 0.4) is 0 Å². The number of nitrogens with one attached hydrogen (secondary N) is 2. The van der Waals surface area contributed by atoms with Gasteiger partial charge in [0.15, 0.2) is 5.78 Å². The quantitative estimate of drug-likeness (QED) is 0.0471. The monoisotopic (exact) mass is 790 g/mol. The number of rotatable bonds is 26. The molecular weight excluding hydrogens is 745 g/mol. The van der Waals surface area contributed by atoms with Gasteiger partial charge in [-0.1, -0.05) is 53.6 Å². The Hall–Kier alpha value is -5.32. The molecule has 2 amide bonds.